The highest BCUT2D eigenvalue weighted by molar-refractivity contribution is 5.89. The number of hydrogen-bond donors (Lipinski definition) is 1. The molecule has 1 N–H and O–H groups in total. The van der Waals surface area contributed by atoms with Crippen molar-refractivity contribution in [2.75, 3.05) is 14.2 Å². The number of carbonyl (C=O) groups is 1. The number of methoxy groups -OCH3 is 2. The second-order valence-electron chi connectivity index (χ2n) is 4.18. The van der Waals surface area contributed by atoms with Crippen LogP contribution < -0.4 is 9.47 Å². The Kier molecular flexibility index (Phi) is 4.07. The summed E-state index contributed by atoms with van der Waals surface area (Å²) in [5, 5.41) is 8.77. The van der Waals surface area contributed by atoms with Gasteiger partial charge in [0.1, 0.15) is 23.1 Å². The number of carboxylic acids is 1. The molecule has 0 fully saturated rings. The highest BCUT2D eigenvalue weighted by Crippen LogP contribution is 2.35. The lowest BCUT2D eigenvalue weighted by Crippen LogP contribution is -2.03. The van der Waals surface area contributed by atoms with E-state index in [0.29, 0.717) is 17.4 Å². The van der Waals surface area contributed by atoms with Crippen molar-refractivity contribution < 1.29 is 28.2 Å². The van der Waals surface area contributed by atoms with Crippen molar-refractivity contribution in [1.82, 2.24) is 0 Å². The van der Waals surface area contributed by atoms with Crippen molar-refractivity contribution in [2.24, 2.45) is 0 Å². The summed E-state index contributed by atoms with van der Waals surface area (Å²) >= 11 is 0. The molecule has 0 spiro atoms. The summed E-state index contributed by atoms with van der Waals surface area (Å²) in [7, 11) is 2.86. The van der Waals surface area contributed by atoms with E-state index < -0.39 is 23.2 Å². The molecule has 2 rings (SSSR count). The number of halogens is 2. The van der Waals surface area contributed by atoms with Crippen LogP contribution in [0.3, 0.4) is 0 Å². The summed E-state index contributed by atoms with van der Waals surface area (Å²) in [6.07, 6.45) is 0. The van der Waals surface area contributed by atoms with Crippen LogP contribution in [0, 0.1) is 11.6 Å². The lowest BCUT2D eigenvalue weighted by Gasteiger charge is -2.12. The monoisotopic (exact) mass is 294 g/mol. The van der Waals surface area contributed by atoms with Gasteiger partial charge in [-0.2, -0.15) is 0 Å². The molecule has 0 heterocycles. The molecular formula is C15H12F2O4. The first-order chi connectivity index (χ1) is 9.97. The van der Waals surface area contributed by atoms with Gasteiger partial charge in [-0.25, -0.2) is 13.6 Å². The van der Waals surface area contributed by atoms with E-state index >= 15 is 0 Å². The summed E-state index contributed by atoms with van der Waals surface area (Å²) in [6, 6.07) is 6.09. The third kappa shape index (κ3) is 2.79. The number of aromatic carboxylic acids is 1. The first kappa shape index (κ1) is 14.8. The topological polar surface area (TPSA) is 55.8 Å². The summed E-state index contributed by atoms with van der Waals surface area (Å²) in [6.45, 7) is 0. The van der Waals surface area contributed by atoms with Gasteiger partial charge >= 0.3 is 5.97 Å². The van der Waals surface area contributed by atoms with Crippen molar-refractivity contribution in [2.45, 2.75) is 0 Å². The summed E-state index contributed by atoms with van der Waals surface area (Å²) in [5.41, 5.74) is -0.507. The molecule has 110 valence electrons. The van der Waals surface area contributed by atoms with E-state index in [1.807, 2.05) is 0 Å². The van der Waals surface area contributed by atoms with Crippen LogP contribution in [0.1, 0.15) is 10.4 Å². The van der Waals surface area contributed by atoms with Gasteiger partial charge in [0.25, 0.3) is 0 Å². The van der Waals surface area contributed by atoms with E-state index in [0.717, 1.165) is 6.07 Å². The Balaban J connectivity index is 2.62. The number of benzene rings is 2. The number of hydrogen-bond acceptors (Lipinski definition) is 3. The molecule has 0 aromatic heterocycles. The molecule has 0 saturated carbocycles. The summed E-state index contributed by atoms with van der Waals surface area (Å²) in [4.78, 5) is 10.8. The minimum absolute atomic E-state index is 0.0861. The van der Waals surface area contributed by atoms with Crippen LogP contribution in [0.4, 0.5) is 8.78 Å². The minimum atomic E-state index is -1.53. The van der Waals surface area contributed by atoms with E-state index in [1.54, 1.807) is 6.07 Å². The maximum atomic E-state index is 14.1. The van der Waals surface area contributed by atoms with Gasteiger partial charge in [-0.3, -0.25) is 0 Å². The quantitative estimate of drug-likeness (QED) is 0.939. The molecule has 0 radical (unpaired) electrons. The molecule has 2 aromatic carbocycles. The molecular weight excluding hydrogens is 282 g/mol. The molecule has 4 nitrogen and oxygen atoms in total. The largest absolute Gasteiger partial charge is 0.497 e. The van der Waals surface area contributed by atoms with Gasteiger partial charge in [0.05, 0.1) is 19.8 Å². The average molecular weight is 294 g/mol. The molecule has 0 aliphatic rings. The highest BCUT2D eigenvalue weighted by Gasteiger charge is 2.18. The van der Waals surface area contributed by atoms with Crippen LogP contribution in [0.5, 0.6) is 11.5 Å². The van der Waals surface area contributed by atoms with Crippen LogP contribution in [0.25, 0.3) is 11.1 Å². The Morgan fingerprint density at radius 2 is 1.71 bits per heavy atom. The first-order valence-corrected chi connectivity index (χ1v) is 5.92. The fourth-order valence-corrected chi connectivity index (χ4v) is 1.94. The van der Waals surface area contributed by atoms with Gasteiger partial charge in [-0.1, -0.05) is 0 Å². The molecule has 0 aliphatic heterocycles. The fraction of sp³-hybridized carbons (Fsp3) is 0.133. The van der Waals surface area contributed by atoms with E-state index in [4.69, 9.17) is 14.6 Å². The van der Waals surface area contributed by atoms with E-state index in [-0.39, 0.29) is 11.3 Å². The van der Waals surface area contributed by atoms with Gasteiger partial charge in [0, 0.05) is 17.2 Å². The lowest BCUT2D eigenvalue weighted by atomic mass is 10.0. The maximum absolute atomic E-state index is 14.1. The van der Waals surface area contributed by atoms with Gasteiger partial charge < -0.3 is 14.6 Å². The van der Waals surface area contributed by atoms with Gasteiger partial charge in [0.15, 0.2) is 0 Å². The van der Waals surface area contributed by atoms with Crippen LogP contribution in [-0.4, -0.2) is 25.3 Å². The predicted molar refractivity (Wildman–Crippen MR) is 71.9 cm³/mol. The van der Waals surface area contributed by atoms with Crippen molar-refractivity contribution in [3.05, 3.63) is 47.5 Å². The Hall–Kier alpha value is -2.63. The maximum Gasteiger partial charge on any atom is 0.338 e. The van der Waals surface area contributed by atoms with Crippen molar-refractivity contribution in [3.63, 3.8) is 0 Å². The Morgan fingerprint density at radius 1 is 1.00 bits per heavy atom. The third-order valence-corrected chi connectivity index (χ3v) is 2.99. The molecule has 0 unspecified atom stereocenters. The molecule has 0 bridgehead atoms. The SMILES string of the molecule is COc1ccc(-c2cc(F)c(C(=O)O)cc2F)c(OC)c1. The van der Waals surface area contributed by atoms with E-state index in [2.05, 4.69) is 0 Å². The zero-order valence-electron chi connectivity index (χ0n) is 11.3. The zero-order valence-corrected chi connectivity index (χ0v) is 11.3. The second-order valence-corrected chi connectivity index (χ2v) is 4.18. The molecule has 0 aliphatic carbocycles. The molecule has 0 saturated heterocycles. The molecule has 0 amide bonds. The molecule has 2 aromatic rings. The lowest BCUT2D eigenvalue weighted by molar-refractivity contribution is 0.0691. The molecule has 6 heteroatoms. The Bertz CT molecular complexity index is 698. The number of rotatable bonds is 4. The number of ether oxygens (including phenoxy) is 2. The van der Waals surface area contributed by atoms with Gasteiger partial charge in [0.2, 0.25) is 0 Å². The van der Waals surface area contributed by atoms with Crippen LogP contribution in [0.15, 0.2) is 30.3 Å². The predicted octanol–water partition coefficient (Wildman–Crippen LogP) is 3.35. The van der Waals surface area contributed by atoms with Crippen LogP contribution >= 0.6 is 0 Å². The summed E-state index contributed by atoms with van der Waals surface area (Å²) < 4.78 is 37.9. The Morgan fingerprint density at radius 3 is 2.29 bits per heavy atom. The van der Waals surface area contributed by atoms with Crippen molar-refractivity contribution >= 4 is 5.97 Å². The number of carboxylic acid groups (broad SMARTS) is 1. The highest BCUT2D eigenvalue weighted by atomic mass is 19.1. The van der Waals surface area contributed by atoms with E-state index in [1.165, 1.54) is 26.4 Å². The second kappa shape index (κ2) is 5.78. The van der Waals surface area contributed by atoms with Gasteiger partial charge in [-0.05, 0) is 24.3 Å². The van der Waals surface area contributed by atoms with Gasteiger partial charge in [-0.15, -0.1) is 0 Å². The van der Waals surface area contributed by atoms with Crippen LogP contribution in [-0.2, 0) is 0 Å². The van der Waals surface area contributed by atoms with Crippen LogP contribution in [0.2, 0.25) is 0 Å². The summed E-state index contributed by atoms with van der Waals surface area (Å²) in [5.74, 6) is -2.61. The standard InChI is InChI=1S/C15H12F2O4/c1-20-8-3-4-9(14(5-8)21-2)10-6-13(17)11(15(18)19)7-12(10)16/h3-7H,1-2H3,(H,18,19). The zero-order chi connectivity index (χ0) is 15.6. The van der Waals surface area contributed by atoms with E-state index in [9.17, 15) is 13.6 Å². The average Bonchev–Trinajstić information content (AvgIpc) is 2.48. The minimum Gasteiger partial charge on any atom is -0.497 e. The fourth-order valence-electron chi connectivity index (χ4n) is 1.94. The van der Waals surface area contributed by atoms with Crippen molar-refractivity contribution in [3.8, 4) is 22.6 Å². The molecule has 21 heavy (non-hydrogen) atoms. The first-order valence-electron chi connectivity index (χ1n) is 5.92. The third-order valence-electron chi connectivity index (χ3n) is 2.99. The molecule has 0 atom stereocenters. The Labute approximate surface area is 119 Å². The smallest absolute Gasteiger partial charge is 0.338 e. The van der Waals surface area contributed by atoms with Crippen molar-refractivity contribution in [1.29, 1.82) is 0 Å². The normalized spacial score (nSPS) is 10.3.